The summed E-state index contributed by atoms with van der Waals surface area (Å²) in [5.41, 5.74) is 2.70. The second-order valence-corrected chi connectivity index (χ2v) is 7.13. The maximum Gasteiger partial charge on any atom is 0.251 e. The number of carbonyl (C=O) groups is 1. The first-order valence-electron chi connectivity index (χ1n) is 7.18. The first kappa shape index (κ1) is 16.0. The van der Waals surface area contributed by atoms with E-state index in [1.165, 1.54) is 4.70 Å². The minimum absolute atomic E-state index is 0.0496. The number of thiazole rings is 1. The molecule has 6 heteroatoms. The number of hydrogen-bond donors (Lipinski definition) is 1. The van der Waals surface area contributed by atoms with Crippen molar-refractivity contribution in [3.63, 3.8) is 0 Å². The number of rotatable bonds is 6. The Morgan fingerprint density at radius 1 is 1.17 bits per heavy atom. The standard InChI is InChI=1S/C17H15FN2OS2/c18-9-10-19-16(21)13-7-5-12(6-8-13)11-22-17-20-14-3-1-2-4-15(14)23-17/h1-8H,9-11H2,(H,19,21). The van der Waals surface area contributed by atoms with Crippen molar-refractivity contribution in [1.82, 2.24) is 10.3 Å². The van der Waals surface area contributed by atoms with E-state index in [1.54, 1.807) is 35.2 Å². The molecule has 0 fully saturated rings. The number of nitrogens with zero attached hydrogens (tertiary/aromatic N) is 1. The van der Waals surface area contributed by atoms with Gasteiger partial charge in [0.1, 0.15) is 6.67 Å². The molecule has 118 valence electrons. The summed E-state index contributed by atoms with van der Waals surface area (Å²) in [5.74, 6) is 0.555. The zero-order valence-electron chi connectivity index (χ0n) is 12.3. The summed E-state index contributed by atoms with van der Waals surface area (Å²) in [7, 11) is 0. The molecule has 3 aromatic rings. The number of fused-ring (bicyclic) bond motifs is 1. The molecule has 1 N–H and O–H groups in total. The van der Waals surface area contributed by atoms with Gasteiger partial charge in [-0.05, 0) is 29.8 Å². The van der Waals surface area contributed by atoms with E-state index in [-0.39, 0.29) is 12.5 Å². The summed E-state index contributed by atoms with van der Waals surface area (Å²) in [6, 6.07) is 15.5. The molecule has 1 amide bonds. The van der Waals surface area contributed by atoms with E-state index in [4.69, 9.17) is 0 Å². The maximum atomic E-state index is 12.0. The molecule has 1 aromatic heterocycles. The average molecular weight is 346 g/mol. The molecule has 3 nitrogen and oxygen atoms in total. The van der Waals surface area contributed by atoms with Crippen LogP contribution < -0.4 is 5.32 Å². The summed E-state index contributed by atoms with van der Waals surface area (Å²) < 4.78 is 14.3. The molecule has 0 saturated carbocycles. The third-order valence-corrected chi connectivity index (χ3v) is 5.48. The smallest absolute Gasteiger partial charge is 0.251 e. The minimum atomic E-state index is -0.553. The average Bonchev–Trinajstić information content (AvgIpc) is 3.01. The molecule has 0 aliphatic heterocycles. The normalized spacial score (nSPS) is 10.8. The summed E-state index contributed by atoms with van der Waals surface area (Å²) in [4.78, 5) is 16.3. The van der Waals surface area contributed by atoms with Crippen molar-refractivity contribution in [3.8, 4) is 0 Å². The van der Waals surface area contributed by atoms with E-state index < -0.39 is 6.67 Å². The highest BCUT2D eigenvalue weighted by atomic mass is 32.2. The van der Waals surface area contributed by atoms with E-state index >= 15 is 0 Å². The lowest BCUT2D eigenvalue weighted by atomic mass is 10.1. The van der Waals surface area contributed by atoms with E-state index in [0.717, 1.165) is 21.2 Å². The van der Waals surface area contributed by atoms with Crippen LogP contribution in [0.5, 0.6) is 0 Å². The predicted molar refractivity (Wildman–Crippen MR) is 93.9 cm³/mol. The molecule has 0 spiro atoms. The van der Waals surface area contributed by atoms with Gasteiger partial charge in [0.2, 0.25) is 0 Å². The Hall–Kier alpha value is -1.92. The molecule has 0 aliphatic carbocycles. The Labute approximate surface area is 141 Å². The van der Waals surface area contributed by atoms with Crippen LogP contribution in [-0.2, 0) is 5.75 Å². The Morgan fingerprint density at radius 2 is 1.96 bits per heavy atom. The fraction of sp³-hybridized carbons (Fsp3) is 0.176. The zero-order chi connectivity index (χ0) is 16.1. The molecule has 0 unspecified atom stereocenters. The quantitative estimate of drug-likeness (QED) is 0.677. The number of nitrogens with one attached hydrogen (secondary N) is 1. The number of thioether (sulfide) groups is 1. The van der Waals surface area contributed by atoms with Crippen LogP contribution in [-0.4, -0.2) is 24.1 Å². The third-order valence-electron chi connectivity index (χ3n) is 3.23. The predicted octanol–water partition coefficient (Wildman–Crippen LogP) is 4.29. The zero-order valence-corrected chi connectivity index (χ0v) is 13.9. The van der Waals surface area contributed by atoms with E-state index in [1.807, 2.05) is 30.3 Å². The van der Waals surface area contributed by atoms with Gasteiger partial charge in [-0.2, -0.15) is 0 Å². The SMILES string of the molecule is O=C(NCCF)c1ccc(CSc2nc3ccccc3s2)cc1. The minimum Gasteiger partial charge on any atom is -0.349 e. The number of para-hydroxylation sites is 1. The number of hydrogen-bond acceptors (Lipinski definition) is 4. The van der Waals surface area contributed by atoms with Gasteiger partial charge in [-0.3, -0.25) is 4.79 Å². The molecule has 1 heterocycles. The van der Waals surface area contributed by atoms with Gasteiger partial charge in [-0.25, -0.2) is 9.37 Å². The Morgan fingerprint density at radius 3 is 2.70 bits per heavy atom. The molecule has 3 rings (SSSR count). The van der Waals surface area contributed by atoms with Gasteiger partial charge in [0.15, 0.2) is 4.34 Å². The van der Waals surface area contributed by atoms with Crippen molar-refractivity contribution in [2.75, 3.05) is 13.2 Å². The Kier molecular flexibility index (Phi) is 5.25. The van der Waals surface area contributed by atoms with Gasteiger partial charge in [0.05, 0.1) is 10.2 Å². The van der Waals surface area contributed by atoms with Gasteiger partial charge >= 0.3 is 0 Å². The largest absolute Gasteiger partial charge is 0.349 e. The highest BCUT2D eigenvalue weighted by Gasteiger charge is 2.06. The van der Waals surface area contributed by atoms with Crippen LogP contribution in [0, 0.1) is 0 Å². The second kappa shape index (κ2) is 7.57. The maximum absolute atomic E-state index is 12.0. The first-order chi connectivity index (χ1) is 11.3. The topological polar surface area (TPSA) is 42.0 Å². The number of amides is 1. The Bertz CT molecular complexity index is 769. The lowest BCUT2D eigenvalue weighted by Gasteiger charge is -2.04. The number of benzene rings is 2. The fourth-order valence-corrected chi connectivity index (χ4v) is 4.10. The Balaban J connectivity index is 1.61. The number of carbonyl (C=O) groups excluding carboxylic acids is 1. The van der Waals surface area contributed by atoms with Crippen LogP contribution >= 0.6 is 23.1 Å². The first-order valence-corrected chi connectivity index (χ1v) is 8.98. The van der Waals surface area contributed by atoms with Gasteiger partial charge in [0.25, 0.3) is 5.91 Å². The van der Waals surface area contributed by atoms with Crippen molar-refractivity contribution < 1.29 is 9.18 Å². The van der Waals surface area contributed by atoms with Gasteiger partial charge in [-0.1, -0.05) is 36.0 Å². The fourth-order valence-electron chi connectivity index (χ4n) is 2.07. The molecule has 23 heavy (non-hydrogen) atoms. The van der Waals surface area contributed by atoms with E-state index in [2.05, 4.69) is 16.4 Å². The summed E-state index contributed by atoms with van der Waals surface area (Å²) >= 11 is 3.37. The molecule has 0 bridgehead atoms. The lowest BCUT2D eigenvalue weighted by Crippen LogP contribution is -2.25. The highest BCUT2D eigenvalue weighted by molar-refractivity contribution is 8.00. The molecule has 0 atom stereocenters. The van der Waals surface area contributed by atoms with Crippen LogP contribution in [0.1, 0.15) is 15.9 Å². The highest BCUT2D eigenvalue weighted by Crippen LogP contribution is 2.31. The lowest BCUT2D eigenvalue weighted by molar-refractivity contribution is 0.0951. The molecule has 0 aliphatic rings. The van der Waals surface area contributed by atoms with Crippen LogP contribution in [0.4, 0.5) is 4.39 Å². The van der Waals surface area contributed by atoms with Gasteiger partial charge in [-0.15, -0.1) is 11.3 Å². The van der Waals surface area contributed by atoms with Crippen molar-refractivity contribution >= 4 is 39.2 Å². The van der Waals surface area contributed by atoms with Crippen molar-refractivity contribution in [1.29, 1.82) is 0 Å². The van der Waals surface area contributed by atoms with Crippen molar-refractivity contribution in [2.24, 2.45) is 0 Å². The summed E-state index contributed by atoms with van der Waals surface area (Å²) in [6.45, 7) is -0.503. The van der Waals surface area contributed by atoms with Crippen LogP contribution in [0.2, 0.25) is 0 Å². The monoisotopic (exact) mass is 346 g/mol. The number of halogens is 1. The van der Waals surface area contributed by atoms with Gasteiger partial charge in [0, 0.05) is 17.9 Å². The molecule has 0 saturated heterocycles. The number of aromatic nitrogens is 1. The summed E-state index contributed by atoms with van der Waals surface area (Å²) in [6.07, 6.45) is 0. The third kappa shape index (κ3) is 4.09. The molecular formula is C17H15FN2OS2. The molecule has 0 radical (unpaired) electrons. The van der Waals surface area contributed by atoms with E-state index in [9.17, 15) is 9.18 Å². The van der Waals surface area contributed by atoms with E-state index in [0.29, 0.717) is 5.56 Å². The second-order valence-electron chi connectivity index (χ2n) is 4.88. The molecular weight excluding hydrogens is 331 g/mol. The van der Waals surface area contributed by atoms with Crippen LogP contribution in [0.15, 0.2) is 52.9 Å². The van der Waals surface area contributed by atoms with Crippen molar-refractivity contribution in [2.45, 2.75) is 10.1 Å². The van der Waals surface area contributed by atoms with Crippen molar-refractivity contribution in [3.05, 3.63) is 59.7 Å². The summed E-state index contributed by atoms with van der Waals surface area (Å²) in [5, 5.41) is 2.51. The van der Waals surface area contributed by atoms with Crippen LogP contribution in [0.3, 0.4) is 0 Å². The number of alkyl halides is 1. The molecule has 2 aromatic carbocycles. The van der Waals surface area contributed by atoms with Crippen LogP contribution in [0.25, 0.3) is 10.2 Å². The van der Waals surface area contributed by atoms with Gasteiger partial charge < -0.3 is 5.32 Å².